The van der Waals surface area contributed by atoms with Crippen molar-refractivity contribution in [1.29, 1.82) is 0 Å². The molecule has 2 N–H and O–H groups in total. The van der Waals surface area contributed by atoms with E-state index in [0.717, 1.165) is 5.69 Å². The highest BCUT2D eigenvalue weighted by atomic mass is 32.2. The molecule has 0 spiro atoms. The first-order valence-corrected chi connectivity index (χ1v) is 11.9. The van der Waals surface area contributed by atoms with Crippen LogP contribution < -0.4 is 10.0 Å². The van der Waals surface area contributed by atoms with E-state index < -0.39 is 10.0 Å². The molecule has 1 amide bonds. The zero-order valence-corrected chi connectivity index (χ0v) is 18.8. The Balaban J connectivity index is 1.52. The maximum absolute atomic E-state index is 12.9. The number of anilines is 1. The molecule has 0 aliphatic rings. The summed E-state index contributed by atoms with van der Waals surface area (Å²) in [4.78, 5) is 17.4. The van der Waals surface area contributed by atoms with Gasteiger partial charge in [-0.2, -0.15) is 5.10 Å². The number of para-hydroxylation sites is 1. The molecule has 0 bridgehead atoms. The lowest BCUT2D eigenvalue weighted by Crippen LogP contribution is -2.25. The van der Waals surface area contributed by atoms with Crippen LogP contribution in [-0.2, 0) is 23.0 Å². The van der Waals surface area contributed by atoms with Crippen molar-refractivity contribution in [2.45, 2.75) is 24.8 Å². The third-order valence-corrected chi connectivity index (χ3v) is 6.45. The Hall–Kier alpha value is -3.98. The second kappa shape index (κ2) is 9.66. The number of nitrogens with one attached hydrogen (secondary N) is 2. The van der Waals surface area contributed by atoms with Gasteiger partial charge in [0.15, 0.2) is 5.82 Å². The number of hydrogen-bond donors (Lipinski definition) is 2. The van der Waals surface area contributed by atoms with E-state index in [2.05, 4.69) is 20.1 Å². The van der Waals surface area contributed by atoms with Crippen LogP contribution in [-0.4, -0.2) is 29.1 Å². The molecule has 2 heterocycles. The number of aromatic nitrogens is 3. The average Bonchev–Trinajstić information content (AvgIpc) is 3.28. The van der Waals surface area contributed by atoms with Gasteiger partial charge < -0.3 is 5.32 Å². The summed E-state index contributed by atoms with van der Waals surface area (Å²) in [6, 6.07) is 20.6. The molecule has 0 radical (unpaired) electrons. The van der Waals surface area contributed by atoms with Gasteiger partial charge in [-0.15, -0.1) is 0 Å². The number of hydrogen-bond acceptors (Lipinski definition) is 5. The molecule has 4 aromatic rings. The number of amides is 1. The maximum atomic E-state index is 12.9. The summed E-state index contributed by atoms with van der Waals surface area (Å²) in [5, 5.41) is 7.21. The molecule has 168 valence electrons. The summed E-state index contributed by atoms with van der Waals surface area (Å²) in [5.41, 5.74) is 2.23. The number of sulfonamides is 1. The van der Waals surface area contributed by atoms with E-state index in [0.29, 0.717) is 29.1 Å². The van der Waals surface area contributed by atoms with E-state index in [1.165, 1.54) is 18.3 Å². The molecule has 2 aromatic carbocycles. The largest absolute Gasteiger partial charge is 0.348 e. The summed E-state index contributed by atoms with van der Waals surface area (Å²) < 4.78 is 29.7. The molecule has 9 heteroatoms. The summed E-state index contributed by atoms with van der Waals surface area (Å²) in [6.45, 7) is 2.09. The average molecular weight is 462 g/mol. The molecular formula is C24H23N5O3S. The molecule has 4 rings (SSSR count). The van der Waals surface area contributed by atoms with Crippen molar-refractivity contribution in [3.05, 3.63) is 102 Å². The molecule has 8 nitrogen and oxygen atoms in total. The van der Waals surface area contributed by atoms with Crippen LogP contribution in [0.4, 0.5) is 5.69 Å². The fourth-order valence-electron chi connectivity index (χ4n) is 3.43. The van der Waals surface area contributed by atoms with Gasteiger partial charge >= 0.3 is 0 Å². The lowest BCUT2D eigenvalue weighted by atomic mass is 10.1. The number of carbonyl (C=O) groups excluding carboxylic acids is 1. The predicted molar refractivity (Wildman–Crippen MR) is 126 cm³/mol. The highest BCUT2D eigenvalue weighted by Gasteiger charge is 2.19. The summed E-state index contributed by atoms with van der Waals surface area (Å²) >= 11 is 0. The maximum Gasteiger partial charge on any atom is 0.261 e. The van der Waals surface area contributed by atoms with Crippen LogP contribution >= 0.6 is 0 Å². The van der Waals surface area contributed by atoms with Gasteiger partial charge in [-0.3, -0.25) is 9.52 Å². The topological polar surface area (TPSA) is 106 Å². The van der Waals surface area contributed by atoms with Gasteiger partial charge in [-0.05, 0) is 42.3 Å². The minimum atomic E-state index is -3.75. The minimum Gasteiger partial charge on any atom is -0.348 e. The molecule has 0 unspecified atom stereocenters. The Bertz CT molecular complexity index is 1350. The quantitative estimate of drug-likeness (QED) is 0.417. The van der Waals surface area contributed by atoms with Crippen molar-refractivity contribution in [1.82, 2.24) is 20.1 Å². The van der Waals surface area contributed by atoms with Crippen LogP contribution in [0, 0.1) is 0 Å². The van der Waals surface area contributed by atoms with Gasteiger partial charge in [0.1, 0.15) is 0 Å². The zero-order chi connectivity index (χ0) is 23.3. The van der Waals surface area contributed by atoms with Crippen LogP contribution in [0.3, 0.4) is 0 Å². The van der Waals surface area contributed by atoms with Gasteiger partial charge in [-0.25, -0.2) is 18.1 Å². The predicted octanol–water partition coefficient (Wildman–Crippen LogP) is 3.56. The fourth-order valence-corrected chi connectivity index (χ4v) is 4.55. The first kappa shape index (κ1) is 22.2. The first-order chi connectivity index (χ1) is 16.0. The normalized spacial score (nSPS) is 11.2. The minimum absolute atomic E-state index is 0.143. The molecule has 0 aliphatic heterocycles. The molecule has 2 aromatic heterocycles. The number of pyridine rings is 1. The molecule has 33 heavy (non-hydrogen) atoms. The van der Waals surface area contributed by atoms with Crippen molar-refractivity contribution in [3.63, 3.8) is 0 Å². The Morgan fingerprint density at radius 2 is 1.70 bits per heavy atom. The van der Waals surface area contributed by atoms with E-state index >= 15 is 0 Å². The van der Waals surface area contributed by atoms with Crippen LogP contribution in [0.5, 0.6) is 0 Å². The van der Waals surface area contributed by atoms with E-state index in [1.807, 2.05) is 25.1 Å². The summed E-state index contributed by atoms with van der Waals surface area (Å²) in [7, 11) is -3.75. The van der Waals surface area contributed by atoms with E-state index in [9.17, 15) is 13.2 Å². The molecule has 0 aliphatic carbocycles. The molecular weight excluding hydrogens is 438 g/mol. The molecule has 0 saturated carbocycles. The second-order valence-corrected chi connectivity index (χ2v) is 8.90. The molecule has 0 saturated heterocycles. The second-order valence-electron chi connectivity index (χ2n) is 7.22. The van der Waals surface area contributed by atoms with Crippen LogP contribution in [0.15, 0.2) is 90.1 Å². The van der Waals surface area contributed by atoms with Gasteiger partial charge in [0.2, 0.25) is 0 Å². The Morgan fingerprint density at radius 3 is 2.42 bits per heavy atom. The van der Waals surface area contributed by atoms with Crippen LogP contribution in [0.1, 0.15) is 28.5 Å². The van der Waals surface area contributed by atoms with Crippen molar-refractivity contribution >= 4 is 21.6 Å². The summed E-state index contributed by atoms with van der Waals surface area (Å²) in [5.74, 6) is 0.337. The Labute approximate surface area is 192 Å². The van der Waals surface area contributed by atoms with E-state index in [4.69, 9.17) is 0 Å². The fraction of sp³-hybridized carbons (Fsp3) is 0.125. The molecule has 0 fully saturated rings. The van der Waals surface area contributed by atoms with E-state index in [1.54, 1.807) is 53.3 Å². The number of benzene rings is 2. The number of rotatable bonds is 8. The van der Waals surface area contributed by atoms with Crippen molar-refractivity contribution < 1.29 is 13.2 Å². The van der Waals surface area contributed by atoms with Gasteiger partial charge in [0, 0.05) is 12.7 Å². The van der Waals surface area contributed by atoms with Gasteiger partial charge in [-0.1, -0.05) is 49.4 Å². The van der Waals surface area contributed by atoms with Crippen LogP contribution in [0.2, 0.25) is 0 Å². The third-order valence-electron chi connectivity index (χ3n) is 5.07. The number of nitrogens with zero attached hydrogens (tertiary/aromatic N) is 3. The Morgan fingerprint density at radius 1 is 0.970 bits per heavy atom. The SMILES string of the molecule is CCc1c(C(=O)NCc2ccccc2NS(=O)(=O)c2ccccc2)cnn1-c1ccccn1. The monoisotopic (exact) mass is 461 g/mol. The van der Waals surface area contributed by atoms with Crippen molar-refractivity contribution in [2.75, 3.05) is 4.72 Å². The highest BCUT2D eigenvalue weighted by Crippen LogP contribution is 2.20. The summed E-state index contributed by atoms with van der Waals surface area (Å²) in [6.07, 6.45) is 3.78. The van der Waals surface area contributed by atoms with Crippen LogP contribution in [0.25, 0.3) is 5.82 Å². The first-order valence-electron chi connectivity index (χ1n) is 10.4. The smallest absolute Gasteiger partial charge is 0.261 e. The lowest BCUT2D eigenvalue weighted by molar-refractivity contribution is 0.0950. The van der Waals surface area contributed by atoms with Gasteiger partial charge in [0.25, 0.3) is 15.9 Å². The third kappa shape index (κ3) is 4.93. The molecule has 0 atom stereocenters. The number of carbonyl (C=O) groups is 1. The van der Waals surface area contributed by atoms with Crippen molar-refractivity contribution in [3.8, 4) is 5.82 Å². The standard InChI is InChI=1S/C24H23N5O3S/c1-2-22-20(17-27-29(22)23-14-8-9-15-25-23)24(30)26-16-18-10-6-7-13-21(18)28-33(31,32)19-11-4-3-5-12-19/h3-15,17,28H,2,16H2,1H3,(H,26,30). The zero-order valence-electron chi connectivity index (χ0n) is 18.0. The van der Waals surface area contributed by atoms with E-state index in [-0.39, 0.29) is 17.3 Å². The van der Waals surface area contributed by atoms with Crippen molar-refractivity contribution in [2.24, 2.45) is 0 Å². The Kier molecular flexibility index (Phi) is 6.50. The lowest BCUT2D eigenvalue weighted by Gasteiger charge is -2.13. The highest BCUT2D eigenvalue weighted by molar-refractivity contribution is 7.92. The van der Waals surface area contributed by atoms with Gasteiger partial charge in [0.05, 0.1) is 28.0 Å².